The van der Waals surface area contributed by atoms with E-state index in [2.05, 4.69) is 29.2 Å². The summed E-state index contributed by atoms with van der Waals surface area (Å²) in [7, 11) is 0. The number of rotatable bonds is 6. The van der Waals surface area contributed by atoms with E-state index in [1.807, 2.05) is 12.1 Å². The molecule has 0 bridgehead atoms. The van der Waals surface area contributed by atoms with Gasteiger partial charge in [-0.05, 0) is 32.0 Å². The number of nitrogens with zero attached hydrogens (tertiary/aromatic N) is 2. The van der Waals surface area contributed by atoms with Crippen molar-refractivity contribution in [2.24, 2.45) is 5.73 Å². The van der Waals surface area contributed by atoms with Gasteiger partial charge in [-0.2, -0.15) is 4.98 Å². The first-order valence-electron chi connectivity index (χ1n) is 6.09. The summed E-state index contributed by atoms with van der Waals surface area (Å²) in [5.74, 6) is 1.44. The molecule has 6 heteroatoms. The fourth-order valence-corrected chi connectivity index (χ4v) is 2.45. The SMILES string of the molecule is Cc1cccc(SCc2noc([C@@H](O)CCN)n2)c1. The molecule has 0 fully saturated rings. The van der Waals surface area contributed by atoms with Crippen LogP contribution < -0.4 is 5.73 Å². The van der Waals surface area contributed by atoms with Gasteiger partial charge >= 0.3 is 0 Å². The molecule has 1 heterocycles. The Morgan fingerprint density at radius 2 is 2.32 bits per heavy atom. The van der Waals surface area contributed by atoms with Crippen molar-refractivity contribution in [1.29, 1.82) is 0 Å². The molecule has 2 rings (SSSR count). The van der Waals surface area contributed by atoms with E-state index in [1.165, 1.54) is 5.56 Å². The van der Waals surface area contributed by atoms with Crippen LogP contribution in [-0.4, -0.2) is 21.8 Å². The molecule has 0 aliphatic rings. The van der Waals surface area contributed by atoms with Crippen LogP contribution in [-0.2, 0) is 5.75 Å². The van der Waals surface area contributed by atoms with Gasteiger partial charge in [-0.25, -0.2) is 0 Å². The quantitative estimate of drug-likeness (QED) is 0.787. The van der Waals surface area contributed by atoms with Gasteiger partial charge < -0.3 is 15.4 Å². The molecule has 3 N–H and O–H groups in total. The third-order valence-corrected chi connectivity index (χ3v) is 3.56. The summed E-state index contributed by atoms with van der Waals surface area (Å²) in [5.41, 5.74) is 6.59. The zero-order valence-electron chi connectivity index (χ0n) is 10.7. The lowest BCUT2D eigenvalue weighted by Gasteiger charge is -2.01. The molecule has 1 atom stereocenters. The van der Waals surface area contributed by atoms with Crippen LogP contribution in [0.5, 0.6) is 0 Å². The standard InChI is InChI=1S/C13H17N3O2S/c1-9-3-2-4-10(7-9)19-8-12-15-13(18-16-12)11(17)5-6-14/h2-4,7,11,17H,5-6,8,14H2,1H3/t11-/m0/s1. The third-order valence-electron chi connectivity index (χ3n) is 2.57. The zero-order valence-corrected chi connectivity index (χ0v) is 11.6. The Kier molecular flexibility index (Phi) is 4.95. The Labute approximate surface area is 116 Å². The highest BCUT2D eigenvalue weighted by Gasteiger charge is 2.15. The molecule has 0 unspecified atom stereocenters. The average molecular weight is 279 g/mol. The number of aliphatic hydroxyl groups excluding tert-OH is 1. The fraction of sp³-hybridized carbons (Fsp3) is 0.385. The van der Waals surface area contributed by atoms with Crippen molar-refractivity contribution in [2.75, 3.05) is 6.54 Å². The second kappa shape index (κ2) is 6.70. The summed E-state index contributed by atoms with van der Waals surface area (Å²) < 4.78 is 5.01. The molecule has 0 spiro atoms. The van der Waals surface area contributed by atoms with Crippen LogP contribution in [0.25, 0.3) is 0 Å². The van der Waals surface area contributed by atoms with E-state index in [-0.39, 0.29) is 5.89 Å². The Morgan fingerprint density at radius 3 is 3.05 bits per heavy atom. The van der Waals surface area contributed by atoms with Crippen LogP contribution in [0.4, 0.5) is 0 Å². The number of nitrogens with two attached hydrogens (primary N) is 1. The molecule has 102 valence electrons. The van der Waals surface area contributed by atoms with Gasteiger partial charge in [0, 0.05) is 4.90 Å². The second-order valence-electron chi connectivity index (χ2n) is 4.25. The Balaban J connectivity index is 1.93. The maximum Gasteiger partial charge on any atom is 0.255 e. The molecule has 0 amide bonds. The molecular formula is C13H17N3O2S. The number of aromatic nitrogens is 2. The summed E-state index contributed by atoms with van der Waals surface area (Å²) in [5, 5.41) is 13.5. The molecule has 1 aromatic heterocycles. The van der Waals surface area contributed by atoms with Crippen LogP contribution >= 0.6 is 11.8 Å². The lowest BCUT2D eigenvalue weighted by atomic mass is 10.2. The first kappa shape index (κ1) is 14.0. The second-order valence-corrected chi connectivity index (χ2v) is 5.30. The van der Waals surface area contributed by atoms with E-state index in [1.54, 1.807) is 11.8 Å². The van der Waals surface area contributed by atoms with E-state index in [9.17, 15) is 5.11 Å². The van der Waals surface area contributed by atoms with Gasteiger partial charge in [0.15, 0.2) is 5.82 Å². The highest BCUT2D eigenvalue weighted by Crippen LogP contribution is 2.23. The number of thioether (sulfide) groups is 1. The van der Waals surface area contributed by atoms with Gasteiger partial charge in [0.05, 0.1) is 5.75 Å². The zero-order chi connectivity index (χ0) is 13.7. The van der Waals surface area contributed by atoms with Gasteiger partial charge in [0.25, 0.3) is 5.89 Å². The van der Waals surface area contributed by atoms with Crippen LogP contribution in [0.1, 0.15) is 29.8 Å². The molecule has 2 aromatic rings. The predicted octanol–water partition coefficient (Wildman–Crippen LogP) is 2.05. The maximum absolute atomic E-state index is 9.67. The predicted molar refractivity (Wildman–Crippen MR) is 73.7 cm³/mol. The average Bonchev–Trinajstić information content (AvgIpc) is 2.86. The summed E-state index contributed by atoms with van der Waals surface area (Å²) in [6, 6.07) is 8.22. The van der Waals surface area contributed by atoms with Gasteiger partial charge in [-0.3, -0.25) is 0 Å². The summed E-state index contributed by atoms with van der Waals surface area (Å²) in [6.07, 6.45) is -0.345. The third kappa shape index (κ3) is 4.05. The van der Waals surface area contributed by atoms with E-state index >= 15 is 0 Å². The first-order chi connectivity index (χ1) is 9.19. The molecule has 19 heavy (non-hydrogen) atoms. The largest absolute Gasteiger partial charge is 0.383 e. The Bertz CT molecular complexity index is 530. The minimum Gasteiger partial charge on any atom is -0.383 e. The maximum atomic E-state index is 9.67. The van der Waals surface area contributed by atoms with Crippen molar-refractivity contribution in [2.45, 2.75) is 30.1 Å². The van der Waals surface area contributed by atoms with Crippen LogP contribution in [0.15, 0.2) is 33.7 Å². The van der Waals surface area contributed by atoms with Crippen LogP contribution in [0.3, 0.4) is 0 Å². The van der Waals surface area contributed by atoms with Crippen molar-refractivity contribution >= 4 is 11.8 Å². The normalized spacial score (nSPS) is 12.6. The highest BCUT2D eigenvalue weighted by molar-refractivity contribution is 7.98. The number of benzene rings is 1. The molecule has 1 aromatic carbocycles. The van der Waals surface area contributed by atoms with Gasteiger partial charge in [-0.15, -0.1) is 11.8 Å². The van der Waals surface area contributed by atoms with Gasteiger partial charge in [0.2, 0.25) is 0 Å². The van der Waals surface area contributed by atoms with Gasteiger partial charge in [0.1, 0.15) is 6.10 Å². The van der Waals surface area contributed by atoms with Crippen molar-refractivity contribution in [1.82, 2.24) is 10.1 Å². The smallest absolute Gasteiger partial charge is 0.255 e. The van der Waals surface area contributed by atoms with Crippen molar-refractivity contribution in [3.63, 3.8) is 0 Å². The Morgan fingerprint density at radius 1 is 1.47 bits per heavy atom. The molecule has 0 saturated carbocycles. The number of hydrogen-bond donors (Lipinski definition) is 2. The van der Waals surface area contributed by atoms with Crippen molar-refractivity contribution < 1.29 is 9.63 Å². The van der Waals surface area contributed by atoms with Gasteiger partial charge in [-0.1, -0.05) is 22.9 Å². The van der Waals surface area contributed by atoms with E-state index in [0.29, 0.717) is 24.5 Å². The molecule has 0 radical (unpaired) electrons. The molecular weight excluding hydrogens is 262 g/mol. The van der Waals surface area contributed by atoms with E-state index in [0.717, 1.165) is 4.90 Å². The van der Waals surface area contributed by atoms with Crippen molar-refractivity contribution in [3.8, 4) is 0 Å². The summed E-state index contributed by atoms with van der Waals surface area (Å²) in [4.78, 5) is 5.32. The minimum atomic E-state index is -0.768. The van der Waals surface area contributed by atoms with E-state index < -0.39 is 6.10 Å². The lowest BCUT2D eigenvalue weighted by molar-refractivity contribution is 0.127. The molecule has 0 saturated heterocycles. The number of aryl methyl sites for hydroxylation is 1. The summed E-state index contributed by atoms with van der Waals surface area (Å²) in [6.45, 7) is 2.44. The first-order valence-corrected chi connectivity index (χ1v) is 7.07. The Hall–Kier alpha value is -1.37. The van der Waals surface area contributed by atoms with Crippen LogP contribution in [0.2, 0.25) is 0 Å². The molecule has 0 aliphatic carbocycles. The lowest BCUT2D eigenvalue weighted by Crippen LogP contribution is -2.06. The summed E-state index contributed by atoms with van der Waals surface area (Å²) >= 11 is 1.63. The van der Waals surface area contributed by atoms with E-state index in [4.69, 9.17) is 10.3 Å². The minimum absolute atomic E-state index is 0.241. The van der Waals surface area contributed by atoms with Crippen molar-refractivity contribution in [3.05, 3.63) is 41.5 Å². The number of hydrogen-bond acceptors (Lipinski definition) is 6. The number of aliphatic hydroxyl groups is 1. The molecule has 0 aliphatic heterocycles. The monoisotopic (exact) mass is 279 g/mol. The topological polar surface area (TPSA) is 85.2 Å². The van der Waals surface area contributed by atoms with Crippen LogP contribution in [0, 0.1) is 6.92 Å². The highest BCUT2D eigenvalue weighted by atomic mass is 32.2. The fourth-order valence-electron chi connectivity index (χ4n) is 1.60. The molecule has 5 nitrogen and oxygen atoms in total.